The second-order valence-electron chi connectivity index (χ2n) is 5.81. The minimum absolute atomic E-state index is 0.0263. The summed E-state index contributed by atoms with van der Waals surface area (Å²) in [7, 11) is -1.44. The molecule has 1 saturated heterocycles. The molecule has 4 nitrogen and oxygen atoms in total. The van der Waals surface area contributed by atoms with E-state index in [9.17, 15) is 8.42 Å². The van der Waals surface area contributed by atoms with E-state index in [1.54, 1.807) is 10.4 Å². The Morgan fingerprint density at radius 2 is 2.05 bits per heavy atom. The third kappa shape index (κ3) is 3.59. The van der Waals surface area contributed by atoms with Crippen LogP contribution in [0, 0.1) is 6.92 Å². The summed E-state index contributed by atoms with van der Waals surface area (Å²) in [5.41, 5.74) is 1.61. The van der Waals surface area contributed by atoms with Crippen molar-refractivity contribution in [3.63, 3.8) is 0 Å². The standard InChI is InChI=1S/C15H23ClN2O2S/c1-12-5-6-14(10-16)9-15(12)21(19,20)18-8-4-7-17(3)11-13(18)2/h5-6,9,13H,4,7-8,10-11H2,1-3H3. The van der Waals surface area contributed by atoms with Crippen molar-refractivity contribution in [1.29, 1.82) is 0 Å². The number of halogens is 1. The molecule has 21 heavy (non-hydrogen) atoms. The van der Waals surface area contributed by atoms with Crippen LogP contribution in [0.1, 0.15) is 24.5 Å². The number of sulfonamides is 1. The van der Waals surface area contributed by atoms with E-state index in [-0.39, 0.29) is 6.04 Å². The molecule has 1 aliphatic heterocycles. The summed E-state index contributed by atoms with van der Waals surface area (Å²) in [4.78, 5) is 2.57. The van der Waals surface area contributed by atoms with Gasteiger partial charge in [-0.2, -0.15) is 4.31 Å². The van der Waals surface area contributed by atoms with Gasteiger partial charge in [0.15, 0.2) is 0 Å². The Bertz CT molecular complexity index is 604. The van der Waals surface area contributed by atoms with Crippen LogP contribution >= 0.6 is 11.6 Å². The fourth-order valence-electron chi connectivity index (χ4n) is 2.84. The van der Waals surface area contributed by atoms with Gasteiger partial charge < -0.3 is 4.90 Å². The SMILES string of the molecule is Cc1ccc(CCl)cc1S(=O)(=O)N1CCCN(C)CC1C. The highest BCUT2D eigenvalue weighted by Crippen LogP contribution is 2.25. The van der Waals surface area contributed by atoms with Crippen LogP contribution in [-0.2, 0) is 15.9 Å². The molecule has 0 N–H and O–H groups in total. The summed E-state index contributed by atoms with van der Waals surface area (Å²) in [6.45, 7) is 6.06. The van der Waals surface area contributed by atoms with Gasteiger partial charge in [0.05, 0.1) is 4.90 Å². The normalized spacial score (nSPS) is 22.2. The molecule has 1 heterocycles. The van der Waals surface area contributed by atoms with E-state index in [1.165, 1.54) is 0 Å². The van der Waals surface area contributed by atoms with Crippen molar-refractivity contribution in [3.8, 4) is 0 Å². The fraction of sp³-hybridized carbons (Fsp3) is 0.600. The molecule has 0 aromatic heterocycles. The van der Waals surface area contributed by atoms with Gasteiger partial charge in [-0.15, -0.1) is 11.6 Å². The molecule has 1 aromatic rings. The zero-order valence-corrected chi connectivity index (χ0v) is 14.4. The molecule has 0 radical (unpaired) electrons. The van der Waals surface area contributed by atoms with Crippen molar-refractivity contribution >= 4 is 21.6 Å². The number of hydrogen-bond donors (Lipinski definition) is 0. The molecule has 1 aliphatic rings. The van der Waals surface area contributed by atoms with Crippen LogP contribution < -0.4 is 0 Å². The van der Waals surface area contributed by atoms with Crippen molar-refractivity contribution in [2.75, 3.05) is 26.7 Å². The Morgan fingerprint density at radius 1 is 1.33 bits per heavy atom. The number of likely N-dealkylation sites (N-methyl/N-ethyl adjacent to an activating group) is 1. The smallest absolute Gasteiger partial charge is 0.243 e. The monoisotopic (exact) mass is 330 g/mol. The third-order valence-corrected chi connectivity index (χ3v) is 6.44. The van der Waals surface area contributed by atoms with Crippen molar-refractivity contribution in [2.45, 2.75) is 37.1 Å². The van der Waals surface area contributed by atoms with Crippen LogP contribution in [0.5, 0.6) is 0 Å². The van der Waals surface area contributed by atoms with E-state index in [0.717, 1.165) is 30.6 Å². The Labute approximate surface area is 132 Å². The van der Waals surface area contributed by atoms with Crippen LogP contribution in [-0.4, -0.2) is 50.3 Å². The average Bonchev–Trinajstić information content (AvgIpc) is 2.60. The Morgan fingerprint density at radius 3 is 2.71 bits per heavy atom. The maximum Gasteiger partial charge on any atom is 0.243 e. The lowest BCUT2D eigenvalue weighted by Crippen LogP contribution is -2.42. The molecule has 2 rings (SSSR count). The fourth-order valence-corrected chi connectivity index (χ4v) is 4.94. The summed E-state index contributed by atoms with van der Waals surface area (Å²) in [5, 5.41) is 0. The molecule has 0 amide bonds. The number of aryl methyl sites for hydroxylation is 1. The van der Waals surface area contributed by atoms with E-state index in [4.69, 9.17) is 11.6 Å². The summed E-state index contributed by atoms with van der Waals surface area (Å²) >= 11 is 5.85. The second kappa shape index (κ2) is 6.65. The zero-order valence-electron chi connectivity index (χ0n) is 12.8. The lowest BCUT2D eigenvalue weighted by molar-refractivity contribution is 0.290. The first-order valence-corrected chi connectivity index (χ1v) is 9.19. The summed E-state index contributed by atoms with van der Waals surface area (Å²) < 4.78 is 27.7. The Hall–Kier alpha value is -0.620. The van der Waals surface area contributed by atoms with Gasteiger partial charge in [0.25, 0.3) is 0 Å². The second-order valence-corrected chi connectivity index (χ2v) is 7.94. The van der Waals surface area contributed by atoms with Crippen molar-refractivity contribution < 1.29 is 8.42 Å². The molecule has 1 aromatic carbocycles. The van der Waals surface area contributed by atoms with Crippen molar-refractivity contribution in [2.24, 2.45) is 0 Å². The molecular formula is C15H23ClN2O2S. The van der Waals surface area contributed by atoms with Gasteiger partial charge in [0.2, 0.25) is 10.0 Å². The largest absolute Gasteiger partial charge is 0.305 e. The minimum atomic E-state index is -3.47. The van der Waals surface area contributed by atoms with Gasteiger partial charge in [-0.1, -0.05) is 12.1 Å². The molecular weight excluding hydrogens is 308 g/mol. The van der Waals surface area contributed by atoms with Gasteiger partial charge in [0, 0.05) is 25.0 Å². The maximum absolute atomic E-state index is 13.0. The van der Waals surface area contributed by atoms with E-state index in [0.29, 0.717) is 17.3 Å². The topological polar surface area (TPSA) is 40.6 Å². The highest BCUT2D eigenvalue weighted by atomic mass is 35.5. The molecule has 6 heteroatoms. The van der Waals surface area contributed by atoms with Crippen LogP contribution in [0.4, 0.5) is 0 Å². The number of benzene rings is 1. The molecule has 1 atom stereocenters. The van der Waals surface area contributed by atoms with E-state index < -0.39 is 10.0 Å². The Kier molecular flexibility index (Phi) is 5.30. The Balaban J connectivity index is 2.41. The first kappa shape index (κ1) is 16.7. The molecule has 0 saturated carbocycles. The molecule has 0 aliphatic carbocycles. The van der Waals surface area contributed by atoms with E-state index in [2.05, 4.69) is 4.90 Å². The number of rotatable bonds is 3. The van der Waals surface area contributed by atoms with Gasteiger partial charge in [0.1, 0.15) is 0 Å². The van der Waals surface area contributed by atoms with Gasteiger partial charge >= 0.3 is 0 Å². The average molecular weight is 331 g/mol. The quantitative estimate of drug-likeness (QED) is 0.799. The van der Waals surface area contributed by atoms with Gasteiger partial charge in [-0.05, 0) is 51.1 Å². The van der Waals surface area contributed by atoms with Crippen LogP contribution in [0.2, 0.25) is 0 Å². The lowest BCUT2D eigenvalue weighted by atomic mass is 10.2. The zero-order chi connectivity index (χ0) is 15.6. The predicted molar refractivity (Wildman–Crippen MR) is 86.2 cm³/mol. The predicted octanol–water partition coefficient (Wildman–Crippen LogP) is 2.45. The third-order valence-electron chi connectivity index (χ3n) is 3.98. The summed E-state index contributed by atoms with van der Waals surface area (Å²) in [6, 6.07) is 5.39. The van der Waals surface area contributed by atoms with Gasteiger partial charge in [-0.3, -0.25) is 0 Å². The number of hydrogen-bond acceptors (Lipinski definition) is 3. The summed E-state index contributed by atoms with van der Waals surface area (Å²) in [5.74, 6) is 0.321. The minimum Gasteiger partial charge on any atom is -0.305 e. The molecule has 1 fully saturated rings. The number of alkyl halides is 1. The first-order chi connectivity index (χ1) is 9.86. The molecule has 0 bridgehead atoms. The van der Waals surface area contributed by atoms with Crippen LogP contribution in [0.15, 0.2) is 23.1 Å². The molecule has 0 spiro atoms. The van der Waals surface area contributed by atoms with Crippen molar-refractivity contribution in [3.05, 3.63) is 29.3 Å². The highest BCUT2D eigenvalue weighted by Gasteiger charge is 2.32. The molecule has 1 unspecified atom stereocenters. The lowest BCUT2D eigenvalue weighted by Gasteiger charge is -2.28. The maximum atomic E-state index is 13.0. The molecule has 118 valence electrons. The van der Waals surface area contributed by atoms with E-state index in [1.807, 2.05) is 33.0 Å². The summed E-state index contributed by atoms with van der Waals surface area (Å²) in [6.07, 6.45) is 0.855. The van der Waals surface area contributed by atoms with E-state index >= 15 is 0 Å². The number of nitrogens with zero attached hydrogens (tertiary/aromatic N) is 2. The van der Waals surface area contributed by atoms with Gasteiger partial charge in [-0.25, -0.2) is 8.42 Å². The highest BCUT2D eigenvalue weighted by molar-refractivity contribution is 7.89. The first-order valence-electron chi connectivity index (χ1n) is 7.22. The van der Waals surface area contributed by atoms with Crippen LogP contribution in [0.3, 0.4) is 0 Å². The van der Waals surface area contributed by atoms with Crippen molar-refractivity contribution in [1.82, 2.24) is 9.21 Å². The van der Waals surface area contributed by atoms with Crippen LogP contribution in [0.25, 0.3) is 0 Å².